The van der Waals surface area contributed by atoms with E-state index in [-0.39, 0.29) is 12.2 Å². The molecule has 0 spiro atoms. The molecular formula is C23H24N8O. The second-order valence-electron chi connectivity index (χ2n) is 8.41. The first-order valence-corrected chi connectivity index (χ1v) is 10.5. The molecule has 0 amide bonds. The summed E-state index contributed by atoms with van der Waals surface area (Å²) < 4.78 is 1.66. The van der Waals surface area contributed by atoms with Crippen molar-refractivity contribution in [2.45, 2.75) is 12.5 Å². The summed E-state index contributed by atoms with van der Waals surface area (Å²) in [6.07, 6.45) is 3.74. The largest absolute Gasteiger partial charge is 0.353 e. The minimum atomic E-state index is -0.00272. The first-order chi connectivity index (χ1) is 15.5. The van der Waals surface area contributed by atoms with Gasteiger partial charge in [-0.25, -0.2) is 4.98 Å². The molecule has 1 aliphatic rings. The van der Waals surface area contributed by atoms with Crippen molar-refractivity contribution in [1.29, 1.82) is 0 Å². The number of anilines is 1. The highest BCUT2D eigenvalue weighted by atomic mass is 16.1. The van der Waals surface area contributed by atoms with Crippen molar-refractivity contribution in [3.8, 4) is 11.3 Å². The number of Topliss-reactive ketones (excluding diaryl/α,β-unsaturated/α-hetero) is 1. The van der Waals surface area contributed by atoms with Gasteiger partial charge in [0.15, 0.2) is 5.78 Å². The zero-order valence-electron chi connectivity index (χ0n) is 18.3. The van der Waals surface area contributed by atoms with Gasteiger partial charge < -0.3 is 9.80 Å². The molecule has 1 aromatic carbocycles. The quantitative estimate of drug-likeness (QED) is 0.431. The van der Waals surface area contributed by atoms with Crippen molar-refractivity contribution in [2.75, 3.05) is 32.1 Å². The van der Waals surface area contributed by atoms with Gasteiger partial charge in [-0.3, -0.25) is 9.48 Å². The molecule has 32 heavy (non-hydrogen) atoms. The van der Waals surface area contributed by atoms with Crippen molar-refractivity contribution >= 4 is 22.5 Å². The molecular weight excluding hydrogens is 404 g/mol. The van der Waals surface area contributed by atoms with Gasteiger partial charge in [-0.15, -0.1) is 5.10 Å². The predicted octanol–water partition coefficient (Wildman–Crippen LogP) is 2.00. The standard InChI is InChI=1S/C23H24N8O/c1-29(2)19-12-31(13-19)23-10-16(6-7-24-23)22(32)11-18-9-17-8-15(4-5-20(17)26-25-18)21-14-30(3)28-27-21/h4-10,14,19H,11-13H2,1-3H3. The van der Waals surface area contributed by atoms with Crippen molar-refractivity contribution < 1.29 is 4.79 Å². The molecule has 9 heteroatoms. The number of carbonyl (C=O) groups is 1. The number of ketones is 1. The van der Waals surface area contributed by atoms with E-state index < -0.39 is 0 Å². The fourth-order valence-corrected chi connectivity index (χ4v) is 3.81. The summed E-state index contributed by atoms with van der Waals surface area (Å²) in [4.78, 5) is 21.8. The molecule has 162 valence electrons. The lowest BCUT2D eigenvalue weighted by Gasteiger charge is -2.43. The van der Waals surface area contributed by atoms with Crippen LogP contribution in [0.4, 0.5) is 5.82 Å². The van der Waals surface area contributed by atoms with Gasteiger partial charge in [0.25, 0.3) is 0 Å². The number of hydrogen-bond acceptors (Lipinski definition) is 8. The average Bonchev–Trinajstić information content (AvgIpc) is 3.18. The number of benzene rings is 1. The third-order valence-electron chi connectivity index (χ3n) is 5.86. The van der Waals surface area contributed by atoms with E-state index in [1.54, 1.807) is 16.9 Å². The topological polar surface area (TPSA) is 92.9 Å². The second kappa shape index (κ2) is 8.08. The average molecular weight is 429 g/mol. The van der Waals surface area contributed by atoms with Gasteiger partial charge in [0, 0.05) is 48.9 Å². The number of nitrogens with zero attached hydrogens (tertiary/aromatic N) is 8. The maximum Gasteiger partial charge on any atom is 0.169 e. The highest BCUT2D eigenvalue weighted by Crippen LogP contribution is 2.24. The Kier molecular flexibility index (Phi) is 5.10. The van der Waals surface area contributed by atoms with Crippen molar-refractivity contribution in [3.05, 3.63) is 60.0 Å². The van der Waals surface area contributed by atoms with Crippen LogP contribution < -0.4 is 4.90 Å². The van der Waals surface area contributed by atoms with Gasteiger partial charge in [0.2, 0.25) is 0 Å². The summed E-state index contributed by atoms with van der Waals surface area (Å²) in [5, 5.41) is 17.6. The van der Waals surface area contributed by atoms with Crippen LogP contribution in [0.25, 0.3) is 22.2 Å². The Labute approximate surface area is 185 Å². The first-order valence-electron chi connectivity index (χ1n) is 10.5. The van der Waals surface area contributed by atoms with E-state index in [2.05, 4.69) is 49.4 Å². The number of aryl methyl sites for hydroxylation is 1. The van der Waals surface area contributed by atoms with Gasteiger partial charge in [-0.1, -0.05) is 11.3 Å². The summed E-state index contributed by atoms with van der Waals surface area (Å²) in [7, 11) is 5.99. The number of likely N-dealkylation sites (N-methyl/N-ethyl adjacent to an activating group) is 1. The van der Waals surface area contributed by atoms with Gasteiger partial charge in [0.1, 0.15) is 11.5 Å². The summed E-state index contributed by atoms with van der Waals surface area (Å²) in [6.45, 7) is 1.84. The third-order valence-corrected chi connectivity index (χ3v) is 5.86. The zero-order chi connectivity index (χ0) is 22.2. The molecule has 0 unspecified atom stereocenters. The monoisotopic (exact) mass is 428 g/mol. The van der Waals surface area contributed by atoms with Crippen LogP contribution in [-0.4, -0.2) is 74.1 Å². The molecule has 0 saturated carbocycles. The Balaban J connectivity index is 1.34. The van der Waals surface area contributed by atoms with Gasteiger partial charge in [0.05, 0.1) is 23.8 Å². The predicted molar refractivity (Wildman–Crippen MR) is 121 cm³/mol. The fourth-order valence-electron chi connectivity index (χ4n) is 3.81. The highest BCUT2D eigenvalue weighted by Gasteiger charge is 2.29. The van der Waals surface area contributed by atoms with Gasteiger partial charge >= 0.3 is 0 Å². The van der Waals surface area contributed by atoms with E-state index in [1.165, 1.54) is 0 Å². The lowest BCUT2D eigenvalue weighted by Crippen LogP contribution is -2.57. The van der Waals surface area contributed by atoms with Crippen LogP contribution in [0.1, 0.15) is 16.1 Å². The van der Waals surface area contributed by atoms with E-state index in [1.807, 2.05) is 43.6 Å². The normalized spacial score (nSPS) is 14.2. The van der Waals surface area contributed by atoms with Crippen molar-refractivity contribution in [3.63, 3.8) is 0 Å². The molecule has 3 aromatic heterocycles. The van der Waals surface area contributed by atoms with E-state index in [0.717, 1.165) is 41.1 Å². The van der Waals surface area contributed by atoms with Crippen LogP contribution in [0.15, 0.2) is 48.8 Å². The summed E-state index contributed by atoms with van der Waals surface area (Å²) >= 11 is 0. The maximum atomic E-state index is 13.0. The number of pyridine rings is 1. The van der Waals surface area contributed by atoms with E-state index >= 15 is 0 Å². The van der Waals surface area contributed by atoms with E-state index in [4.69, 9.17) is 0 Å². The number of fused-ring (bicyclic) bond motifs is 1. The summed E-state index contributed by atoms with van der Waals surface area (Å²) in [5.74, 6) is 0.837. The molecule has 0 radical (unpaired) electrons. The Bertz CT molecular complexity index is 1290. The maximum absolute atomic E-state index is 13.0. The molecule has 0 aliphatic carbocycles. The molecule has 9 nitrogen and oxygen atoms in total. The molecule has 0 atom stereocenters. The van der Waals surface area contributed by atoms with E-state index in [9.17, 15) is 4.79 Å². The van der Waals surface area contributed by atoms with Crippen LogP contribution in [0.5, 0.6) is 0 Å². The molecule has 1 fully saturated rings. The Morgan fingerprint density at radius 2 is 1.94 bits per heavy atom. The van der Waals surface area contributed by atoms with Gasteiger partial charge in [-0.2, -0.15) is 10.2 Å². The van der Waals surface area contributed by atoms with E-state index in [0.29, 0.717) is 17.3 Å². The van der Waals surface area contributed by atoms with Gasteiger partial charge in [-0.05, 0) is 44.4 Å². The molecule has 4 aromatic rings. The number of aromatic nitrogens is 6. The molecule has 4 heterocycles. The lowest BCUT2D eigenvalue weighted by atomic mass is 10.0. The molecule has 1 aliphatic heterocycles. The fraction of sp³-hybridized carbons (Fsp3) is 0.304. The van der Waals surface area contributed by atoms with Crippen LogP contribution in [0, 0.1) is 0 Å². The number of hydrogen-bond donors (Lipinski definition) is 0. The van der Waals surface area contributed by atoms with Crippen LogP contribution in [0.2, 0.25) is 0 Å². The summed E-state index contributed by atoms with van der Waals surface area (Å²) in [5.41, 5.74) is 3.77. The smallest absolute Gasteiger partial charge is 0.169 e. The SMILES string of the molecule is CN(C)C1CN(c2cc(C(=O)Cc3cc4cc(-c5cn(C)nn5)ccc4nn3)ccn2)C1. The molecule has 0 bridgehead atoms. The number of rotatable bonds is 6. The second-order valence-corrected chi connectivity index (χ2v) is 8.41. The highest BCUT2D eigenvalue weighted by molar-refractivity contribution is 5.98. The van der Waals surface area contributed by atoms with Crippen molar-refractivity contribution in [1.82, 2.24) is 35.1 Å². The Morgan fingerprint density at radius 1 is 1.09 bits per heavy atom. The lowest BCUT2D eigenvalue weighted by molar-refractivity contribution is 0.0991. The molecule has 0 N–H and O–H groups in total. The third kappa shape index (κ3) is 3.94. The minimum absolute atomic E-state index is 0.00272. The van der Waals surface area contributed by atoms with Crippen molar-refractivity contribution in [2.24, 2.45) is 7.05 Å². The summed E-state index contributed by atoms with van der Waals surface area (Å²) in [6, 6.07) is 11.9. The Morgan fingerprint density at radius 3 is 2.69 bits per heavy atom. The molecule has 5 rings (SSSR count). The number of carbonyl (C=O) groups excluding carboxylic acids is 1. The van der Waals surface area contributed by atoms with Crippen LogP contribution in [0.3, 0.4) is 0 Å². The first kappa shape index (κ1) is 20.2. The zero-order valence-corrected chi connectivity index (χ0v) is 18.3. The van der Waals surface area contributed by atoms with Crippen LogP contribution in [-0.2, 0) is 13.5 Å². The van der Waals surface area contributed by atoms with Crippen LogP contribution >= 0.6 is 0 Å². The minimum Gasteiger partial charge on any atom is -0.353 e. The molecule has 1 saturated heterocycles. The Hall–Kier alpha value is -3.72.